The average molecular weight is 278 g/mol. The summed E-state index contributed by atoms with van der Waals surface area (Å²) in [5, 5.41) is 3.32. The minimum absolute atomic E-state index is 0.188. The first-order valence-corrected chi connectivity index (χ1v) is 7.38. The summed E-state index contributed by atoms with van der Waals surface area (Å²) in [5.41, 5.74) is 1.11. The number of rotatable bonds is 4. The van der Waals surface area contributed by atoms with E-state index in [1.165, 1.54) is 6.07 Å². The molecule has 2 rings (SSSR count). The van der Waals surface area contributed by atoms with Crippen molar-refractivity contribution < 1.29 is 9.18 Å². The van der Waals surface area contributed by atoms with Crippen LogP contribution in [-0.4, -0.2) is 37.0 Å². The lowest BCUT2D eigenvalue weighted by Crippen LogP contribution is -2.39. The van der Waals surface area contributed by atoms with E-state index in [9.17, 15) is 9.18 Å². The highest BCUT2D eigenvalue weighted by molar-refractivity contribution is 5.94. The minimum atomic E-state index is -0.427. The van der Waals surface area contributed by atoms with Crippen LogP contribution in [0, 0.1) is 18.7 Å². The van der Waals surface area contributed by atoms with E-state index in [1.54, 1.807) is 17.0 Å². The van der Waals surface area contributed by atoms with Gasteiger partial charge in [-0.2, -0.15) is 0 Å². The molecule has 4 heteroatoms. The Balaban J connectivity index is 2.09. The van der Waals surface area contributed by atoms with Crippen molar-refractivity contribution in [3.05, 3.63) is 35.1 Å². The molecule has 1 saturated heterocycles. The van der Waals surface area contributed by atoms with Gasteiger partial charge in [0.15, 0.2) is 0 Å². The zero-order valence-corrected chi connectivity index (χ0v) is 12.3. The Kier molecular flexibility index (Phi) is 5.12. The molecule has 0 atom stereocenters. The predicted molar refractivity (Wildman–Crippen MR) is 78.3 cm³/mol. The molecule has 0 aliphatic carbocycles. The van der Waals surface area contributed by atoms with Crippen molar-refractivity contribution >= 4 is 5.91 Å². The van der Waals surface area contributed by atoms with Gasteiger partial charge in [-0.05, 0) is 57.8 Å². The lowest BCUT2D eigenvalue weighted by Gasteiger charge is -2.29. The number of hydrogen-bond acceptors (Lipinski definition) is 2. The number of halogens is 1. The van der Waals surface area contributed by atoms with E-state index in [0.717, 1.165) is 38.0 Å². The van der Waals surface area contributed by atoms with E-state index in [1.807, 2.05) is 13.8 Å². The third-order valence-electron chi connectivity index (χ3n) is 3.96. The molecule has 0 spiro atoms. The molecule has 0 aromatic heterocycles. The van der Waals surface area contributed by atoms with Gasteiger partial charge in [-0.25, -0.2) is 4.39 Å². The maximum absolute atomic E-state index is 13.8. The summed E-state index contributed by atoms with van der Waals surface area (Å²) in [7, 11) is 0. The number of aryl methyl sites for hydroxylation is 1. The molecule has 1 fully saturated rings. The van der Waals surface area contributed by atoms with Gasteiger partial charge in [0.25, 0.3) is 5.91 Å². The van der Waals surface area contributed by atoms with Crippen LogP contribution in [0.3, 0.4) is 0 Å². The Hall–Kier alpha value is -1.42. The summed E-state index contributed by atoms with van der Waals surface area (Å²) in [5.74, 6) is -0.0930. The molecule has 0 unspecified atom stereocenters. The van der Waals surface area contributed by atoms with E-state index in [2.05, 4.69) is 5.32 Å². The molecule has 0 radical (unpaired) electrons. The zero-order chi connectivity index (χ0) is 14.5. The van der Waals surface area contributed by atoms with Crippen LogP contribution >= 0.6 is 0 Å². The highest BCUT2D eigenvalue weighted by Gasteiger charge is 2.22. The average Bonchev–Trinajstić information content (AvgIpc) is 2.47. The van der Waals surface area contributed by atoms with E-state index in [0.29, 0.717) is 12.5 Å². The first kappa shape index (κ1) is 15.0. The van der Waals surface area contributed by atoms with Crippen LogP contribution in [0.2, 0.25) is 0 Å². The maximum Gasteiger partial charge on any atom is 0.256 e. The molecule has 1 aromatic rings. The van der Waals surface area contributed by atoms with Crippen LogP contribution in [0.15, 0.2) is 18.2 Å². The van der Waals surface area contributed by atoms with Crippen molar-refractivity contribution in [2.24, 2.45) is 5.92 Å². The normalized spacial score (nSPS) is 16.1. The molecule has 3 nitrogen and oxygen atoms in total. The van der Waals surface area contributed by atoms with Crippen LogP contribution in [0.5, 0.6) is 0 Å². The Morgan fingerprint density at radius 3 is 2.75 bits per heavy atom. The van der Waals surface area contributed by atoms with Crippen LogP contribution in [0.25, 0.3) is 0 Å². The van der Waals surface area contributed by atoms with Crippen molar-refractivity contribution in [3.63, 3.8) is 0 Å². The lowest BCUT2D eigenvalue weighted by molar-refractivity contribution is 0.0722. The van der Waals surface area contributed by atoms with Gasteiger partial charge in [0, 0.05) is 13.1 Å². The molecule has 1 N–H and O–H groups in total. The minimum Gasteiger partial charge on any atom is -0.339 e. The van der Waals surface area contributed by atoms with Gasteiger partial charge in [0.05, 0.1) is 5.56 Å². The van der Waals surface area contributed by atoms with Crippen LogP contribution in [-0.2, 0) is 0 Å². The Labute approximate surface area is 120 Å². The summed E-state index contributed by atoms with van der Waals surface area (Å²) in [6.07, 6.45) is 2.17. The summed E-state index contributed by atoms with van der Waals surface area (Å²) >= 11 is 0. The number of piperidine rings is 1. The number of benzene rings is 1. The van der Waals surface area contributed by atoms with Crippen LogP contribution in [0.4, 0.5) is 4.39 Å². The van der Waals surface area contributed by atoms with E-state index >= 15 is 0 Å². The highest BCUT2D eigenvalue weighted by atomic mass is 19.1. The fourth-order valence-corrected chi connectivity index (χ4v) is 2.70. The van der Waals surface area contributed by atoms with Crippen molar-refractivity contribution in [1.82, 2.24) is 10.2 Å². The van der Waals surface area contributed by atoms with E-state index in [4.69, 9.17) is 0 Å². The largest absolute Gasteiger partial charge is 0.339 e. The van der Waals surface area contributed by atoms with Gasteiger partial charge in [-0.1, -0.05) is 11.6 Å². The van der Waals surface area contributed by atoms with Crippen molar-refractivity contribution in [3.8, 4) is 0 Å². The first-order valence-electron chi connectivity index (χ1n) is 7.38. The molecule has 0 bridgehead atoms. The number of carbonyl (C=O) groups excluding carboxylic acids is 1. The van der Waals surface area contributed by atoms with Crippen molar-refractivity contribution in [1.29, 1.82) is 0 Å². The fourth-order valence-electron chi connectivity index (χ4n) is 2.70. The summed E-state index contributed by atoms with van der Waals surface area (Å²) in [4.78, 5) is 14.3. The van der Waals surface area contributed by atoms with E-state index < -0.39 is 5.82 Å². The summed E-state index contributed by atoms with van der Waals surface area (Å²) in [6, 6.07) is 4.71. The third kappa shape index (κ3) is 3.57. The molecule has 110 valence electrons. The van der Waals surface area contributed by atoms with Gasteiger partial charge in [-0.15, -0.1) is 0 Å². The second-order valence-corrected chi connectivity index (χ2v) is 5.52. The maximum atomic E-state index is 13.8. The lowest BCUT2D eigenvalue weighted by atomic mass is 9.97. The van der Waals surface area contributed by atoms with Crippen molar-refractivity contribution in [2.45, 2.75) is 26.7 Å². The van der Waals surface area contributed by atoms with Gasteiger partial charge in [-0.3, -0.25) is 4.79 Å². The van der Waals surface area contributed by atoms with Gasteiger partial charge in [0.2, 0.25) is 0 Å². The number of hydrogen-bond donors (Lipinski definition) is 1. The molecule has 1 heterocycles. The zero-order valence-electron chi connectivity index (χ0n) is 12.3. The molecule has 20 heavy (non-hydrogen) atoms. The Bertz CT molecular complexity index is 470. The van der Waals surface area contributed by atoms with Gasteiger partial charge >= 0.3 is 0 Å². The fraction of sp³-hybridized carbons (Fsp3) is 0.562. The van der Waals surface area contributed by atoms with E-state index in [-0.39, 0.29) is 11.5 Å². The van der Waals surface area contributed by atoms with Gasteiger partial charge in [0.1, 0.15) is 5.82 Å². The second kappa shape index (κ2) is 6.84. The Morgan fingerprint density at radius 1 is 1.40 bits per heavy atom. The third-order valence-corrected chi connectivity index (χ3v) is 3.96. The molecule has 1 aromatic carbocycles. The van der Waals surface area contributed by atoms with Gasteiger partial charge < -0.3 is 10.2 Å². The summed E-state index contributed by atoms with van der Waals surface area (Å²) in [6.45, 7) is 7.19. The second-order valence-electron chi connectivity index (χ2n) is 5.52. The molecular formula is C16H23FN2O. The van der Waals surface area contributed by atoms with Crippen LogP contribution < -0.4 is 5.32 Å². The SMILES string of the molecule is CCN(CC1CCNCC1)C(=O)c1cc(C)ccc1F. The monoisotopic (exact) mass is 278 g/mol. The Morgan fingerprint density at radius 2 is 2.10 bits per heavy atom. The molecule has 0 saturated carbocycles. The smallest absolute Gasteiger partial charge is 0.256 e. The topological polar surface area (TPSA) is 32.3 Å². The molecule has 1 amide bonds. The molecular weight excluding hydrogens is 255 g/mol. The molecule has 1 aliphatic heterocycles. The van der Waals surface area contributed by atoms with Crippen molar-refractivity contribution in [2.75, 3.05) is 26.2 Å². The number of nitrogens with zero attached hydrogens (tertiary/aromatic N) is 1. The standard InChI is InChI=1S/C16H23FN2O/c1-3-19(11-13-6-8-18-9-7-13)16(20)14-10-12(2)4-5-15(14)17/h4-5,10,13,18H,3,6-9,11H2,1-2H3. The molecule has 1 aliphatic rings. The first-order chi connectivity index (χ1) is 9.61. The number of amides is 1. The number of carbonyl (C=O) groups is 1. The predicted octanol–water partition coefficient (Wildman–Crippen LogP) is 2.60. The van der Waals surface area contributed by atoms with Crippen LogP contribution in [0.1, 0.15) is 35.7 Å². The highest BCUT2D eigenvalue weighted by Crippen LogP contribution is 2.17. The summed E-state index contributed by atoms with van der Waals surface area (Å²) < 4.78 is 13.8. The quantitative estimate of drug-likeness (QED) is 0.918. The number of nitrogens with one attached hydrogen (secondary N) is 1.